The molecule has 0 bridgehead atoms. The highest BCUT2D eigenvalue weighted by molar-refractivity contribution is 5.72. The molecule has 4 nitrogen and oxygen atoms in total. The van der Waals surface area contributed by atoms with E-state index >= 15 is 0 Å². The minimum Gasteiger partial charge on any atom is -0.323 e. The first-order valence-corrected chi connectivity index (χ1v) is 5.01. The third kappa shape index (κ3) is 3.63. The van der Waals surface area contributed by atoms with Crippen LogP contribution in [0.25, 0.3) is 0 Å². The van der Waals surface area contributed by atoms with Crippen LogP contribution in [-0.2, 0) is 4.84 Å². The van der Waals surface area contributed by atoms with Crippen LogP contribution < -0.4 is 5.48 Å². The van der Waals surface area contributed by atoms with Gasteiger partial charge < -0.3 is 4.90 Å². The van der Waals surface area contributed by atoms with Crippen LogP contribution in [-0.4, -0.2) is 30.6 Å². The van der Waals surface area contributed by atoms with Crippen molar-refractivity contribution in [3.8, 4) is 0 Å². The van der Waals surface area contributed by atoms with Crippen LogP contribution in [0.3, 0.4) is 0 Å². The SMILES string of the molecule is CCONC(=O)N1CCCCCC1. The fourth-order valence-electron chi connectivity index (χ4n) is 1.47. The molecule has 4 heteroatoms. The van der Waals surface area contributed by atoms with E-state index in [1.807, 2.05) is 11.8 Å². The van der Waals surface area contributed by atoms with Gasteiger partial charge in [-0.05, 0) is 19.8 Å². The van der Waals surface area contributed by atoms with Crippen LogP contribution in [0.1, 0.15) is 32.6 Å². The van der Waals surface area contributed by atoms with E-state index in [1.165, 1.54) is 12.8 Å². The summed E-state index contributed by atoms with van der Waals surface area (Å²) in [6.45, 7) is 4.08. The molecule has 13 heavy (non-hydrogen) atoms. The number of likely N-dealkylation sites (tertiary alicyclic amines) is 1. The van der Waals surface area contributed by atoms with Crippen LogP contribution in [0.4, 0.5) is 4.79 Å². The van der Waals surface area contributed by atoms with Gasteiger partial charge in [-0.3, -0.25) is 4.84 Å². The fourth-order valence-corrected chi connectivity index (χ4v) is 1.47. The van der Waals surface area contributed by atoms with E-state index in [-0.39, 0.29) is 6.03 Å². The summed E-state index contributed by atoms with van der Waals surface area (Å²) in [7, 11) is 0. The highest BCUT2D eigenvalue weighted by atomic mass is 16.7. The summed E-state index contributed by atoms with van der Waals surface area (Å²) in [4.78, 5) is 18.1. The predicted molar refractivity (Wildman–Crippen MR) is 50.2 cm³/mol. The number of nitrogens with one attached hydrogen (secondary N) is 1. The van der Waals surface area contributed by atoms with Gasteiger partial charge >= 0.3 is 6.03 Å². The first-order chi connectivity index (χ1) is 6.34. The predicted octanol–water partition coefficient (Wildman–Crippen LogP) is 1.52. The molecule has 1 rings (SSSR count). The van der Waals surface area contributed by atoms with E-state index in [4.69, 9.17) is 4.84 Å². The number of hydroxylamine groups is 1. The zero-order valence-electron chi connectivity index (χ0n) is 8.21. The number of carbonyl (C=O) groups is 1. The summed E-state index contributed by atoms with van der Waals surface area (Å²) in [5, 5.41) is 0. The minimum atomic E-state index is -0.0937. The van der Waals surface area contributed by atoms with E-state index < -0.39 is 0 Å². The molecule has 1 fully saturated rings. The molecule has 76 valence electrons. The summed E-state index contributed by atoms with van der Waals surface area (Å²) in [6.07, 6.45) is 4.69. The van der Waals surface area contributed by atoms with Gasteiger partial charge in [-0.1, -0.05) is 12.8 Å². The van der Waals surface area contributed by atoms with Gasteiger partial charge in [0, 0.05) is 13.1 Å². The van der Waals surface area contributed by atoms with Gasteiger partial charge in [0.25, 0.3) is 0 Å². The second-order valence-electron chi connectivity index (χ2n) is 3.24. The van der Waals surface area contributed by atoms with Crippen molar-refractivity contribution in [1.82, 2.24) is 10.4 Å². The maximum Gasteiger partial charge on any atom is 0.341 e. The number of urea groups is 1. The van der Waals surface area contributed by atoms with Crippen LogP contribution in [0, 0.1) is 0 Å². The number of hydrogen-bond acceptors (Lipinski definition) is 2. The molecule has 1 saturated heterocycles. The lowest BCUT2D eigenvalue weighted by Gasteiger charge is -2.19. The number of nitrogens with zero attached hydrogens (tertiary/aromatic N) is 1. The second kappa shape index (κ2) is 5.80. The number of hydrogen-bond donors (Lipinski definition) is 1. The van der Waals surface area contributed by atoms with Crippen molar-refractivity contribution in [2.75, 3.05) is 19.7 Å². The van der Waals surface area contributed by atoms with Gasteiger partial charge in [0.2, 0.25) is 0 Å². The summed E-state index contributed by atoms with van der Waals surface area (Å²) in [6, 6.07) is -0.0937. The summed E-state index contributed by atoms with van der Waals surface area (Å²) in [5.74, 6) is 0. The summed E-state index contributed by atoms with van der Waals surface area (Å²) in [5.41, 5.74) is 2.42. The molecule has 1 aliphatic rings. The minimum absolute atomic E-state index is 0.0937. The van der Waals surface area contributed by atoms with Gasteiger partial charge in [0.1, 0.15) is 0 Å². The molecule has 0 aromatic rings. The normalized spacial score (nSPS) is 18.1. The molecule has 0 spiro atoms. The van der Waals surface area contributed by atoms with Gasteiger partial charge in [0.15, 0.2) is 0 Å². The molecule has 1 N–H and O–H groups in total. The van der Waals surface area contributed by atoms with Crippen LogP contribution in [0.15, 0.2) is 0 Å². The number of carbonyl (C=O) groups excluding carboxylic acids is 1. The zero-order valence-corrected chi connectivity index (χ0v) is 8.21. The lowest BCUT2D eigenvalue weighted by atomic mass is 10.2. The molecule has 0 saturated carbocycles. The lowest BCUT2D eigenvalue weighted by molar-refractivity contribution is 0.0561. The van der Waals surface area contributed by atoms with E-state index in [9.17, 15) is 4.79 Å². The van der Waals surface area contributed by atoms with E-state index in [0.29, 0.717) is 6.61 Å². The Morgan fingerprint density at radius 2 is 1.92 bits per heavy atom. The zero-order chi connectivity index (χ0) is 9.52. The first kappa shape index (κ1) is 10.3. The average Bonchev–Trinajstić information content (AvgIpc) is 2.42. The molecule has 2 amide bonds. The molecule has 0 aromatic heterocycles. The fraction of sp³-hybridized carbons (Fsp3) is 0.889. The lowest BCUT2D eigenvalue weighted by Crippen LogP contribution is -2.40. The molecule has 0 unspecified atom stereocenters. The standard InChI is InChI=1S/C9H18N2O2/c1-2-13-10-9(12)11-7-5-3-4-6-8-11/h2-8H2,1H3,(H,10,12). The smallest absolute Gasteiger partial charge is 0.323 e. The van der Waals surface area contributed by atoms with Crippen LogP contribution >= 0.6 is 0 Å². The second-order valence-corrected chi connectivity index (χ2v) is 3.24. The Morgan fingerprint density at radius 1 is 1.31 bits per heavy atom. The van der Waals surface area contributed by atoms with Crippen molar-refractivity contribution in [2.45, 2.75) is 32.6 Å². The van der Waals surface area contributed by atoms with Gasteiger partial charge in [-0.25, -0.2) is 10.3 Å². The molecule has 0 atom stereocenters. The molecule has 1 heterocycles. The number of amides is 2. The van der Waals surface area contributed by atoms with Crippen molar-refractivity contribution in [3.05, 3.63) is 0 Å². The molecule has 1 aliphatic heterocycles. The van der Waals surface area contributed by atoms with Crippen LogP contribution in [0.5, 0.6) is 0 Å². The van der Waals surface area contributed by atoms with Gasteiger partial charge in [-0.15, -0.1) is 0 Å². The largest absolute Gasteiger partial charge is 0.341 e. The van der Waals surface area contributed by atoms with E-state index in [1.54, 1.807) is 0 Å². The Morgan fingerprint density at radius 3 is 2.46 bits per heavy atom. The topological polar surface area (TPSA) is 41.6 Å². The Hall–Kier alpha value is -0.770. The molecule has 0 radical (unpaired) electrons. The Kier molecular flexibility index (Phi) is 4.60. The number of rotatable bonds is 2. The van der Waals surface area contributed by atoms with E-state index in [2.05, 4.69) is 5.48 Å². The molecule has 0 aromatic carbocycles. The molecule has 0 aliphatic carbocycles. The van der Waals surface area contributed by atoms with Crippen molar-refractivity contribution < 1.29 is 9.63 Å². The van der Waals surface area contributed by atoms with Gasteiger partial charge in [0.05, 0.1) is 6.61 Å². The third-order valence-corrected chi connectivity index (χ3v) is 2.20. The highest BCUT2D eigenvalue weighted by Crippen LogP contribution is 2.09. The maximum atomic E-state index is 11.4. The van der Waals surface area contributed by atoms with Crippen molar-refractivity contribution in [1.29, 1.82) is 0 Å². The third-order valence-electron chi connectivity index (χ3n) is 2.20. The summed E-state index contributed by atoms with van der Waals surface area (Å²) < 4.78 is 0. The Bertz CT molecular complexity index is 154. The monoisotopic (exact) mass is 186 g/mol. The highest BCUT2D eigenvalue weighted by Gasteiger charge is 2.14. The Balaban J connectivity index is 2.26. The maximum absolute atomic E-state index is 11.4. The van der Waals surface area contributed by atoms with Crippen molar-refractivity contribution >= 4 is 6.03 Å². The Labute approximate surface area is 79.2 Å². The molecular formula is C9H18N2O2. The first-order valence-electron chi connectivity index (χ1n) is 5.01. The summed E-state index contributed by atoms with van der Waals surface area (Å²) >= 11 is 0. The van der Waals surface area contributed by atoms with Gasteiger partial charge in [-0.2, -0.15) is 0 Å². The molecular weight excluding hydrogens is 168 g/mol. The van der Waals surface area contributed by atoms with Crippen molar-refractivity contribution in [3.63, 3.8) is 0 Å². The average molecular weight is 186 g/mol. The van der Waals surface area contributed by atoms with Crippen molar-refractivity contribution in [2.24, 2.45) is 0 Å². The van der Waals surface area contributed by atoms with Crippen LogP contribution in [0.2, 0.25) is 0 Å². The van der Waals surface area contributed by atoms with E-state index in [0.717, 1.165) is 25.9 Å². The quantitative estimate of drug-likeness (QED) is 0.664.